The molecular weight excluding hydrogens is 372 g/mol. The van der Waals surface area contributed by atoms with Gasteiger partial charge in [0.1, 0.15) is 17.1 Å². The van der Waals surface area contributed by atoms with Gasteiger partial charge in [0.2, 0.25) is 0 Å². The number of imide groups is 2. The van der Waals surface area contributed by atoms with E-state index in [9.17, 15) is 14.4 Å². The van der Waals surface area contributed by atoms with Crippen molar-refractivity contribution in [3.63, 3.8) is 0 Å². The van der Waals surface area contributed by atoms with E-state index in [1.54, 1.807) is 24.3 Å². The zero-order valence-corrected chi connectivity index (χ0v) is 16.3. The minimum atomic E-state index is -0.776. The summed E-state index contributed by atoms with van der Waals surface area (Å²) in [6, 6.07) is 13.1. The van der Waals surface area contributed by atoms with Crippen LogP contribution < -0.4 is 19.7 Å². The van der Waals surface area contributed by atoms with E-state index in [4.69, 9.17) is 9.47 Å². The van der Waals surface area contributed by atoms with Crippen molar-refractivity contribution in [1.82, 2.24) is 5.32 Å². The maximum Gasteiger partial charge on any atom is 0.335 e. The number of rotatable bonds is 7. The summed E-state index contributed by atoms with van der Waals surface area (Å²) < 4.78 is 10.8. The second-order valence-corrected chi connectivity index (χ2v) is 6.23. The molecule has 1 N–H and O–H groups in total. The van der Waals surface area contributed by atoms with Crippen molar-refractivity contribution in [3.05, 3.63) is 65.7 Å². The van der Waals surface area contributed by atoms with Crippen molar-refractivity contribution in [2.24, 2.45) is 0 Å². The fourth-order valence-corrected chi connectivity index (χ4v) is 2.91. The largest absolute Gasteiger partial charge is 0.494 e. The first-order chi connectivity index (χ1) is 14.0. The van der Waals surface area contributed by atoms with Gasteiger partial charge in [-0.1, -0.05) is 18.2 Å². The van der Waals surface area contributed by atoms with Crippen LogP contribution in [0.2, 0.25) is 0 Å². The summed E-state index contributed by atoms with van der Waals surface area (Å²) >= 11 is 0. The molecular formula is C22H22N2O5. The second-order valence-electron chi connectivity index (χ2n) is 6.23. The molecule has 0 bridgehead atoms. The number of carbonyl (C=O) groups is 3. The van der Waals surface area contributed by atoms with Gasteiger partial charge in [-0.05, 0) is 62.2 Å². The van der Waals surface area contributed by atoms with E-state index in [2.05, 4.69) is 5.32 Å². The Hall–Kier alpha value is -3.61. The third-order valence-electron chi connectivity index (χ3n) is 4.28. The lowest BCUT2D eigenvalue weighted by atomic mass is 10.1. The van der Waals surface area contributed by atoms with Crippen molar-refractivity contribution in [3.8, 4) is 11.5 Å². The monoisotopic (exact) mass is 394 g/mol. The molecule has 0 spiro atoms. The Balaban J connectivity index is 1.79. The average molecular weight is 394 g/mol. The van der Waals surface area contributed by atoms with Gasteiger partial charge in [-0.25, -0.2) is 9.69 Å². The topological polar surface area (TPSA) is 84.9 Å². The van der Waals surface area contributed by atoms with Crippen molar-refractivity contribution < 1.29 is 23.9 Å². The predicted molar refractivity (Wildman–Crippen MR) is 108 cm³/mol. The number of amides is 4. The zero-order valence-electron chi connectivity index (χ0n) is 16.3. The number of hydrogen-bond donors (Lipinski definition) is 1. The van der Waals surface area contributed by atoms with Crippen LogP contribution in [0.4, 0.5) is 10.5 Å². The highest BCUT2D eigenvalue weighted by Gasteiger charge is 2.36. The third kappa shape index (κ3) is 4.63. The fraction of sp³-hybridized carbons (Fsp3) is 0.227. The lowest BCUT2D eigenvalue weighted by molar-refractivity contribution is -0.122. The van der Waals surface area contributed by atoms with Crippen molar-refractivity contribution in [1.29, 1.82) is 0 Å². The summed E-state index contributed by atoms with van der Waals surface area (Å²) in [6.07, 6.45) is 1.90. The Kier molecular flexibility index (Phi) is 6.29. The van der Waals surface area contributed by atoms with Crippen molar-refractivity contribution >= 4 is 23.5 Å². The second kappa shape index (κ2) is 9.05. The Bertz CT molecular complexity index is 933. The average Bonchev–Trinajstić information content (AvgIpc) is 2.70. The van der Waals surface area contributed by atoms with Gasteiger partial charge < -0.3 is 9.47 Å². The first-order valence-electron chi connectivity index (χ1n) is 9.38. The number of urea groups is 1. The molecule has 29 heavy (non-hydrogen) atoms. The van der Waals surface area contributed by atoms with Gasteiger partial charge in [0.05, 0.1) is 18.9 Å². The number of allylic oxidation sites excluding steroid dienone is 1. The molecule has 0 aromatic heterocycles. The molecule has 3 rings (SSSR count). The molecule has 1 aliphatic heterocycles. The molecule has 4 amide bonds. The van der Waals surface area contributed by atoms with Crippen LogP contribution in [0.1, 0.15) is 19.4 Å². The molecule has 1 saturated heterocycles. The Morgan fingerprint density at radius 2 is 1.41 bits per heavy atom. The maximum atomic E-state index is 12.8. The Labute approximate surface area is 168 Å². The van der Waals surface area contributed by atoms with E-state index in [-0.39, 0.29) is 5.57 Å². The lowest BCUT2D eigenvalue weighted by Gasteiger charge is -2.26. The number of nitrogens with one attached hydrogen (secondary N) is 1. The van der Waals surface area contributed by atoms with Crippen LogP contribution >= 0.6 is 0 Å². The van der Waals surface area contributed by atoms with Crippen LogP contribution in [-0.4, -0.2) is 31.1 Å². The Morgan fingerprint density at radius 1 is 0.862 bits per heavy atom. The molecule has 150 valence electrons. The molecule has 0 atom stereocenters. The maximum absolute atomic E-state index is 12.8. The summed E-state index contributed by atoms with van der Waals surface area (Å²) in [7, 11) is 0. The van der Waals surface area contributed by atoms with Crippen LogP contribution in [0, 0.1) is 0 Å². The van der Waals surface area contributed by atoms with Gasteiger partial charge in [0.15, 0.2) is 0 Å². The van der Waals surface area contributed by atoms with Crippen LogP contribution in [0.25, 0.3) is 0 Å². The van der Waals surface area contributed by atoms with E-state index in [0.29, 0.717) is 31.1 Å². The molecule has 0 saturated carbocycles. The number of barbiturate groups is 1. The van der Waals surface area contributed by atoms with Gasteiger partial charge in [0.25, 0.3) is 11.8 Å². The molecule has 2 aromatic rings. The van der Waals surface area contributed by atoms with Crippen LogP contribution in [0.15, 0.2) is 60.2 Å². The van der Waals surface area contributed by atoms with E-state index >= 15 is 0 Å². The number of anilines is 1. The highest BCUT2D eigenvalue weighted by molar-refractivity contribution is 6.37. The minimum Gasteiger partial charge on any atom is -0.494 e. The first-order valence-corrected chi connectivity index (χ1v) is 9.38. The highest BCUT2D eigenvalue weighted by atomic mass is 16.5. The van der Waals surface area contributed by atoms with Gasteiger partial charge in [-0.3, -0.25) is 14.9 Å². The van der Waals surface area contributed by atoms with Gasteiger partial charge in [0, 0.05) is 0 Å². The van der Waals surface area contributed by atoms with Gasteiger partial charge >= 0.3 is 6.03 Å². The van der Waals surface area contributed by atoms with E-state index in [1.807, 2.05) is 38.1 Å². The molecule has 1 fully saturated rings. The quantitative estimate of drug-likeness (QED) is 0.576. The highest BCUT2D eigenvalue weighted by Crippen LogP contribution is 2.24. The van der Waals surface area contributed by atoms with Crippen LogP contribution in [-0.2, 0) is 16.0 Å². The normalized spacial score (nSPS) is 15.4. The summed E-state index contributed by atoms with van der Waals surface area (Å²) in [5.74, 6) is 0.0214. The van der Waals surface area contributed by atoms with Gasteiger partial charge in [-0.2, -0.15) is 0 Å². The Morgan fingerprint density at radius 3 is 1.97 bits per heavy atom. The van der Waals surface area contributed by atoms with E-state index in [1.165, 1.54) is 6.08 Å². The fourth-order valence-electron chi connectivity index (χ4n) is 2.91. The molecule has 1 heterocycles. The molecule has 2 aromatic carbocycles. The molecule has 0 radical (unpaired) electrons. The summed E-state index contributed by atoms with van der Waals surface area (Å²) in [4.78, 5) is 38.2. The molecule has 0 aliphatic carbocycles. The van der Waals surface area contributed by atoms with E-state index in [0.717, 1.165) is 16.2 Å². The predicted octanol–water partition coefficient (Wildman–Crippen LogP) is 3.24. The number of benzene rings is 2. The first kappa shape index (κ1) is 20.1. The standard InChI is InChI=1S/C22H22N2O5/c1-3-28-17-10-5-15(6-11-17)7-14-19-20(25)23-22(27)24(21(19)26)16-8-12-18(13-9-16)29-4-2/h5-6,8-14H,3-4,7H2,1-2H3,(H,23,25,27). The third-order valence-corrected chi connectivity index (χ3v) is 4.28. The SMILES string of the molecule is CCOc1ccc(CC=C2C(=O)NC(=O)N(c3ccc(OCC)cc3)C2=O)cc1. The van der Waals surface area contributed by atoms with Crippen LogP contribution in [0.5, 0.6) is 11.5 Å². The smallest absolute Gasteiger partial charge is 0.335 e. The number of hydrogen-bond acceptors (Lipinski definition) is 5. The van der Waals surface area contributed by atoms with Crippen LogP contribution in [0.3, 0.4) is 0 Å². The lowest BCUT2D eigenvalue weighted by Crippen LogP contribution is -2.54. The molecule has 0 unspecified atom stereocenters. The summed E-state index contributed by atoms with van der Waals surface area (Å²) in [6.45, 7) is 4.86. The zero-order chi connectivity index (χ0) is 20.8. The number of nitrogens with zero attached hydrogens (tertiary/aromatic N) is 1. The molecule has 1 aliphatic rings. The molecule has 7 nitrogen and oxygen atoms in total. The minimum absolute atomic E-state index is 0.0765. The summed E-state index contributed by atoms with van der Waals surface area (Å²) in [5, 5.41) is 2.22. The van der Waals surface area contributed by atoms with Crippen molar-refractivity contribution in [2.75, 3.05) is 18.1 Å². The van der Waals surface area contributed by atoms with E-state index < -0.39 is 17.8 Å². The van der Waals surface area contributed by atoms with Crippen molar-refractivity contribution in [2.45, 2.75) is 20.3 Å². The number of ether oxygens (including phenoxy) is 2. The number of carbonyl (C=O) groups excluding carboxylic acids is 3. The summed E-state index contributed by atoms with van der Waals surface area (Å²) in [5.41, 5.74) is 1.19. The van der Waals surface area contributed by atoms with Gasteiger partial charge in [-0.15, -0.1) is 0 Å². The molecule has 7 heteroatoms.